The van der Waals surface area contributed by atoms with Crippen molar-refractivity contribution in [1.29, 1.82) is 0 Å². The minimum absolute atomic E-state index is 0.228. The summed E-state index contributed by atoms with van der Waals surface area (Å²) in [6, 6.07) is 0. The van der Waals surface area contributed by atoms with Crippen LogP contribution in [0, 0.1) is 12.8 Å². The third kappa shape index (κ3) is 3.56. The summed E-state index contributed by atoms with van der Waals surface area (Å²) in [5, 5.41) is 11.1. The quantitative estimate of drug-likeness (QED) is 0.842. The highest BCUT2D eigenvalue weighted by Gasteiger charge is 2.29. The second kappa shape index (κ2) is 6.83. The van der Waals surface area contributed by atoms with Crippen LogP contribution >= 0.6 is 11.3 Å². The maximum atomic E-state index is 12.7. The summed E-state index contributed by atoms with van der Waals surface area (Å²) in [6.07, 6.45) is 0.946. The number of nitrogens with zero attached hydrogens (tertiary/aromatic N) is 1. The lowest BCUT2D eigenvalue weighted by Crippen LogP contribution is -2.35. The lowest BCUT2D eigenvalue weighted by atomic mass is 10.1. The Kier molecular flexibility index (Phi) is 5.98. The van der Waals surface area contributed by atoms with Gasteiger partial charge in [0.1, 0.15) is 4.90 Å². The molecule has 0 aliphatic rings. The van der Waals surface area contributed by atoms with E-state index in [2.05, 4.69) is 6.92 Å². The summed E-state index contributed by atoms with van der Waals surface area (Å²) in [4.78, 5) is 0.824. The van der Waals surface area contributed by atoms with Crippen molar-refractivity contribution >= 4 is 21.4 Å². The predicted octanol–water partition coefficient (Wildman–Crippen LogP) is 2.61. The van der Waals surface area contributed by atoms with Crippen molar-refractivity contribution in [2.24, 2.45) is 5.92 Å². The van der Waals surface area contributed by atoms with E-state index in [-0.39, 0.29) is 6.61 Å². The number of hydrogen-bond donors (Lipinski definition) is 1. The highest BCUT2D eigenvalue weighted by molar-refractivity contribution is 7.89. The fourth-order valence-electron chi connectivity index (χ4n) is 1.95. The zero-order chi connectivity index (χ0) is 14.6. The van der Waals surface area contributed by atoms with Gasteiger partial charge in [0, 0.05) is 13.1 Å². The standard InChI is InChI=1S/C13H23NO3S2/c1-5-10(3)7-14(6-2)19(16,17)13-11(4)9-18-12(13)8-15/h9-10,15H,5-8H2,1-4H3. The number of aliphatic hydroxyl groups excluding tert-OH is 1. The molecule has 0 amide bonds. The lowest BCUT2D eigenvalue weighted by molar-refractivity contribution is 0.281. The maximum Gasteiger partial charge on any atom is 0.244 e. The van der Waals surface area contributed by atoms with Gasteiger partial charge in [0.25, 0.3) is 0 Å². The van der Waals surface area contributed by atoms with Gasteiger partial charge in [0.05, 0.1) is 11.5 Å². The summed E-state index contributed by atoms with van der Waals surface area (Å²) in [5.74, 6) is 0.325. The van der Waals surface area contributed by atoms with E-state index >= 15 is 0 Å². The Hall–Kier alpha value is -0.430. The molecule has 0 saturated carbocycles. The molecule has 1 atom stereocenters. The average molecular weight is 305 g/mol. The Morgan fingerprint density at radius 3 is 2.53 bits per heavy atom. The fraction of sp³-hybridized carbons (Fsp3) is 0.692. The first-order chi connectivity index (χ1) is 8.88. The first-order valence-electron chi connectivity index (χ1n) is 6.56. The minimum atomic E-state index is -3.50. The summed E-state index contributed by atoms with van der Waals surface area (Å²) >= 11 is 1.30. The van der Waals surface area contributed by atoms with Crippen LogP contribution in [-0.2, 0) is 16.6 Å². The van der Waals surface area contributed by atoms with Crippen LogP contribution in [-0.4, -0.2) is 30.9 Å². The highest BCUT2D eigenvalue weighted by atomic mass is 32.2. The Morgan fingerprint density at radius 2 is 2.05 bits per heavy atom. The van der Waals surface area contributed by atoms with Gasteiger partial charge in [-0.2, -0.15) is 4.31 Å². The number of aryl methyl sites for hydroxylation is 1. The zero-order valence-corrected chi connectivity index (χ0v) is 13.6. The molecule has 110 valence electrons. The van der Waals surface area contributed by atoms with Gasteiger partial charge < -0.3 is 5.11 Å². The normalized spacial score (nSPS) is 14.0. The molecule has 0 aliphatic carbocycles. The van der Waals surface area contributed by atoms with Crippen molar-refractivity contribution in [1.82, 2.24) is 4.31 Å². The second-order valence-electron chi connectivity index (χ2n) is 4.80. The molecule has 1 aromatic heterocycles. The van der Waals surface area contributed by atoms with Crippen LogP contribution in [0.2, 0.25) is 0 Å². The molecule has 0 saturated heterocycles. The van der Waals surface area contributed by atoms with Crippen LogP contribution in [0.5, 0.6) is 0 Å². The van der Waals surface area contributed by atoms with Crippen molar-refractivity contribution in [2.75, 3.05) is 13.1 Å². The van der Waals surface area contributed by atoms with Gasteiger partial charge in [-0.25, -0.2) is 8.42 Å². The third-order valence-electron chi connectivity index (χ3n) is 3.30. The smallest absolute Gasteiger partial charge is 0.244 e. The van der Waals surface area contributed by atoms with E-state index < -0.39 is 10.0 Å². The lowest BCUT2D eigenvalue weighted by Gasteiger charge is -2.24. The first-order valence-corrected chi connectivity index (χ1v) is 8.88. The van der Waals surface area contributed by atoms with Crippen molar-refractivity contribution < 1.29 is 13.5 Å². The topological polar surface area (TPSA) is 57.6 Å². The van der Waals surface area contributed by atoms with Crippen LogP contribution in [0.3, 0.4) is 0 Å². The second-order valence-corrected chi connectivity index (χ2v) is 7.64. The molecule has 0 fully saturated rings. The number of thiophene rings is 1. The number of rotatable bonds is 7. The molecule has 1 unspecified atom stereocenters. The molecule has 4 nitrogen and oxygen atoms in total. The summed E-state index contributed by atoms with van der Waals surface area (Å²) < 4.78 is 26.9. The Labute approximate surface area is 120 Å². The molecule has 1 aromatic rings. The van der Waals surface area contributed by atoms with Crippen molar-refractivity contribution in [3.05, 3.63) is 15.8 Å². The van der Waals surface area contributed by atoms with Crippen LogP contribution in [0.4, 0.5) is 0 Å². The molecule has 0 aromatic carbocycles. The van der Waals surface area contributed by atoms with Gasteiger partial charge in [-0.05, 0) is 23.8 Å². The zero-order valence-electron chi connectivity index (χ0n) is 12.0. The van der Waals surface area contributed by atoms with E-state index in [1.165, 1.54) is 15.6 Å². The Morgan fingerprint density at radius 1 is 1.42 bits per heavy atom. The number of hydrogen-bond acceptors (Lipinski definition) is 4. The molecular formula is C13H23NO3S2. The van der Waals surface area contributed by atoms with Gasteiger partial charge in [-0.15, -0.1) is 11.3 Å². The van der Waals surface area contributed by atoms with Gasteiger partial charge in [-0.3, -0.25) is 0 Å². The van der Waals surface area contributed by atoms with E-state index in [0.29, 0.717) is 28.8 Å². The molecular weight excluding hydrogens is 282 g/mol. The first kappa shape index (κ1) is 16.6. The Bertz CT molecular complexity index is 508. The number of aliphatic hydroxyl groups is 1. The SMILES string of the molecule is CCC(C)CN(CC)S(=O)(=O)c1c(C)csc1CO. The van der Waals surface area contributed by atoms with Gasteiger partial charge >= 0.3 is 0 Å². The van der Waals surface area contributed by atoms with Crippen LogP contribution in [0.15, 0.2) is 10.3 Å². The predicted molar refractivity (Wildman–Crippen MR) is 78.9 cm³/mol. The van der Waals surface area contributed by atoms with E-state index in [4.69, 9.17) is 0 Å². The largest absolute Gasteiger partial charge is 0.391 e. The molecule has 1 N–H and O–H groups in total. The molecule has 0 spiro atoms. The van der Waals surface area contributed by atoms with Crippen molar-refractivity contribution in [2.45, 2.75) is 45.6 Å². The molecule has 0 radical (unpaired) electrons. The maximum absolute atomic E-state index is 12.7. The summed E-state index contributed by atoms with van der Waals surface area (Å²) in [7, 11) is -3.50. The van der Waals surface area contributed by atoms with E-state index in [0.717, 1.165) is 12.0 Å². The van der Waals surface area contributed by atoms with Gasteiger partial charge in [-0.1, -0.05) is 27.2 Å². The monoisotopic (exact) mass is 305 g/mol. The van der Waals surface area contributed by atoms with Crippen molar-refractivity contribution in [3.63, 3.8) is 0 Å². The van der Waals surface area contributed by atoms with E-state index in [1.54, 1.807) is 12.3 Å². The Balaban J connectivity index is 3.17. The van der Waals surface area contributed by atoms with Crippen LogP contribution in [0.1, 0.15) is 37.6 Å². The molecule has 0 aliphatic heterocycles. The van der Waals surface area contributed by atoms with Crippen molar-refractivity contribution in [3.8, 4) is 0 Å². The summed E-state index contributed by atoms with van der Waals surface area (Å²) in [5.41, 5.74) is 0.719. The molecule has 19 heavy (non-hydrogen) atoms. The highest BCUT2D eigenvalue weighted by Crippen LogP contribution is 2.30. The molecule has 6 heteroatoms. The fourth-order valence-corrected chi connectivity index (χ4v) is 5.13. The molecule has 1 heterocycles. The van der Waals surface area contributed by atoms with E-state index in [9.17, 15) is 13.5 Å². The van der Waals surface area contributed by atoms with Crippen LogP contribution in [0.25, 0.3) is 0 Å². The number of sulfonamides is 1. The molecule has 0 bridgehead atoms. The van der Waals surface area contributed by atoms with Gasteiger partial charge in [0.2, 0.25) is 10.0 Å². The van der Waals surface area contributed by atoms with Gasteiger partial charge in [0.15, 0.2) is 0 Å². The summed E-state index contributed by atoms with van der Waals surface area (Å²) in [6.45, 7) is 8.47. The van der Waals surface area contributed by atoms with E-state index in [1.807, 2.05) is 13.8 Å². The molecule has 1 rings (SSSR count). The third-order valence-corrected chi connectivity index (χ3v) is 6.69. The minimum Gasteiger partial charge on any atom is -0.391 e. The van der Waals surface area contributed by atoms with Crippen LogP contribution < -0.4 is 0 Å². The average Bonchev–Trinajstić information content (AvgIpc) is 2.76.